The van der Waals surface area contributed by atoms with E-state index in [4.69, 9.17) is 18.9 Å². The van der Waals surface area contributed by atoms with Crippen LogP contribution in [-0.4, -0.2) is 0 Å². The highest BCUT2D eigenvalue weighted by atomic mass is 19.1. The highest BCUT2D eigenvalue weighted by molar-refractivity contribution is 5.44. The van der Waals surface area contributed by atoms with Crippen LogP contribution in [0.5, 0.6) is 46.0 Å². The molecule has 6 heteroatoms. The predicted molar refractivity (Wildman–Crippen MR) is 132 cm³/mol. The van der Waals surface area contributed by atoms with Crippen LogP contribution in [-0.2, 0) is 0 Å². The maximum absolute atomic E-state index is 13.9. The summed E-state index contributed by atoms with van der Waals surface area (Å²) in [5.41, 5.74) is 0. The fourth-order valence-electron chi connectivity index (χ4n) is 3.38. The Bertz CT molecular complexity index is 1380. The first-order valence-electron chi connectivity index (χ1n) is 11.1. The Labute approximate surface area is 206 Å². The first-order chi connectivity index (χ1) is 17.6. The molecule has 0 fully saturated rings. The molecule has 4 nitrogen and oxygen atoms in total. The van der Waals surface area contributed by atoms with E-state index in [1.807, 2.05) is 0 Å². The average molecular weight is 482 g/mol. The Morgan fingerprint density at radius 2 is 0.639 bits per heavy atom. The van der Waals surface area contributed by atoms with Crippen molar-refractivity contribution in [3.8, 4) is 46.0 Å². The van der Waals surface area contributed by atoms with Gasteiger partial charge in [-0.15, -0.1) is 0 Å². The summed E-state index contributed by atoms with van der Waals surface area (Å²) in [5, 5.41) is 0. The molecule has 5 aromatic carbocycles. The molecule has 0 saturated heterocycles. The molecule has 0 saturated carbocycles. The number of ether oxygens (including phenoxy) is 4. The minimum Gasteiger partial charge on any atom is -0.457 e. The standard InChI is InChI=1S/C30H20F2O4/c31-27-14-1-3-16-29(27)35-25-12-6-10-23(19-25)33-21-8-5-9-22(18-21)34-24-11-7-13-26(20-24)36-30-17-4-2-15-28(30)32/h1-20H. The molecule has 178 valence electrons. The second-order valence-electron chi connectivity index (χ2n) is 7.69. The van der Waals surface area contributed by atoms with Crippen LogP contribution < -0.4 is 18.9 Å². The maximum Gasteiger partial charge on any atom is 0.165 e. The molecule has 0 N–H and O–H groups in total. The average Bonchev–Trinajstić information content (AvgIpc) is 2.88. The van der Waals surface area contributed by atoms with Crippen molar-refractivity contribution in [2.75, 3.05) is 0 Å². The Hall–Kier alpha value is -4.84. The van der Waals surface area contributed by atoms with Crippen molar-refractivity contribution in [1.82, 2.24) is 0 Å². The van der Waals surface area contributed by atoms with Crippen molar-refractivity contribution in [3.05, 3.63) is 133 Å². The normalized spacial score (nSPS) is 10.5. The highest BCUT2D eigenvalue weighted by Gasteiger charge is 2.08. The molecule has 5 aromatic rings. The van der Waals surface area contributed by atoms with Crippen LogP contribution in [0.15, 0.2) is 121 Å². The zero-order valence-electron chi connectivity index (χ0n) is 18.9. The molecule has 0 heterocycles. The summed E-state index contributed by atoms with van der Waals surface area (Å²) in [5.74, 6) is 2.35. The van der Waals surface area contributed by atoms with Crippen molar-refractivity contribution < 1.29 is 27.7 Å². The summed E-state index contributed by atoms with van der Waals surface area (Å²) in [4.78, 5) is 0. The van der Waals surface area contributed by atoms with Crippen LogP contribution in [0.3, 0.4) is 0 Å². The van der Waals surface area contributed by atoms with E-state index in [2.05, 4.69) is 0 Å². The third kappa shape index (κ3) is 5.80. The molecule has 0 bridgehead atoms. The summed E-state index contributed by atoms with van der Waals surface area (Å²) >= 11 is 0. The first-order valence-corrected chi connectivity index (χ1v) is 11.1. The van der Waals surface area contributed by atoms with Gasteiger partial charge in [-0.3, -0.25) is 0 Å². The zero-order valence-corrected chi connectivity index (χ0v) is 18.9. The van der Waals surface area contributed by atoms with Crippen molar-refractivity contribution in [2.45, 2.75) is 0 Å². The lowest BCUT2D eigenvalue weighted by atomic mass is 10.3. The third-order valence-corrected chi connectivity index (χ3v) is 5.02. The number of para-hydroxylation sites is 2. The maximum atomic E-state index is 13.9. The molecular weight excluding hydrogens is 462 g/mol. The molecule has 0 amide bonds. The molecule has 0 spiro atoms. The van der Waals surface area contributed by atoms with Gasteiger partial charge in [0.25, 0.3) is 0 Å². The van der Waals surface area contributed by atoms with E-state index in [9.17, 15) is 8.78 Å². The SMILES string of the molecule is Fc1ccccc1Oc1cccc(Oc2cccc(Oc3cccc(Oc4ccccc4F)c3)c2)c1. The first kappa shape index (κ1) is 22.9. The van der Waals surface area contributed by atoms with Crippen molar-refractivity contribution in [3.63, 3.8) is 0 Å². The molecular formula is C30H20F2O4. The summed E-state index contributed by atoms with van der Waals surface area (Å²) < 4.78 is 51.0. The van der Waals surface area contributed by atoms with Gasteiger partial charge >= 0.3 is 0 Å². The van der Waals surface area contributed by atoms with Gasteiger partial charge < -0.3 is 18.9 Å². The lowest BCUT2D eigenvalue weighted by Crippen LogP contribution is -1.91. The van der Waals surface area contributed by atoms with Crippen molar-refractivity contribution >= 4 is 0 Å². The van der Waals surface area contributed by atoms with Gasteiger partial charge in [0, 0.05) is 18.2 Å². The Morgan fingerprint density at radius 1 is 0.333 bits per heavy atom. The van der Waals surface area contributed by atoms with Crippen molar-refractivity contribution in [1.29, 1.82) is 0 Å². The van der Waals surface area contributed by atoms with Gasteiger partial charge in [0.2, 0.25) is 0 Å². The van der Waals surface area contributed by atoms with Crippen LogP contribution in [0, 0.1) is 11.6 Å². The molecule has 0 aliphatic carbocycles. The molecule has 0 unspecified atom stereocenters. The Kier molecular flexibility index (Phi) is 6.76. The monoisotopic (exact) mass is 482 g/mol. The van der Waals surface area contributed by atoms with Crippen LogP contribution in [0.1, 0.15) is 0 Å². The number of halogens is 2. The predicted octanol–water partition coefficient (Wildman–Crippen LogP) is 9.13. The summed E-state index contributed by atoms with van der Waals surface area (Å²) in [6.07, 6.45) is 0. The smallest absolute Gasteiger partial charge is 0.165 e. The number of benzene rings is 5. The van der Waals surface area contributed by atoms with Crippen molar-refractivity contribution in [2.24, 2.45) is 0 Å². The van der Waals surface area contributed by atoms with Gasteiger partial charge in [-0.05, 0) is 60.7 Å². The van der Waals surface area contributed by atoms with Gasteiger partial charge in [0.1, 0.15) is 34.5 Å². The fourth-order valence-corrected chi connectivity index (χ4v) is 3.38. The minimum absolute atomic E-state index is 0.131. The van der Waals surface area contributed by atoms with E-state index in [0.29, 0.717) is 34.5 Å². The molecule has 0 aromatic heterocycles. The lowest BCUT2D eigenvalue weighted by molar-refractivity contribution is 0.430. The molecule has 36 heavy (non-hydrogen) atoms. The van der Waals surface area contributed by atoms with Crippen LogP contribution in [0.2, 0.25) is 0 Å². The van der Waals surface area contributed by atoms with E-state index in [0.717, 1.165) is 0 Å². The quantitative estimate of drug-likeness (QED) is 0.221. The van der Waals surface area contributed by atoms with Crippen LogP contribution in [0.4, 0.5) is 8.78 Å². The molecule has 0 radical (unpaired) electrons. The summed E-state index contributed by atoms with van der Waals surface area (Å²) in [7, 11) is 0. The lowest BCUT2D eigenvalue weighted by Gasteiger charge is -2.12. The Balaban J connectivity index is 1.27. The molecule has 5 rings (SSSR count). The van der Waals surface area contributed by atoms with Gasteiger partial charge in [-0.2, -0.15) is 0 Å². The van der Waals surface area contributed by atoms with E-state index in [1.54, 1.807) is 109 Å². The second-order valence-corrected chi connectivity index (χ2v) is 7.69. The van der Waals surface area contributed by atoms with E-state index < -0.39 is 11.6 Å². The van der Waals surface area contributed by atoms with E-state index >= 15 is 0 Å². The minimum atomic E-state index is -0.447. The van der Waals surface area contributed by atoms with Gasteiger partial charge in [0.05, 0.1) is 0 Å². The summed E-state index contributed by atoms with van der Waals surface area (Å²) in [6, 6.07) is 33.3. The fraction of sp³-hybridized carbons (Fsp3) is 0. The second kappa shape index (κ2) is 10.6. The third-order valence-electron chi connectivity index (χ3n) is 5.02. The topological polar surface area (TPSA) is 36.9 Å². The molecule has 0 atom stereocenters. The van der Waals surface area contributed by atoms with Crippen LogP contribution >= 0.6 is 0 Å². The number of hydrogen-bond donors (Lipinski definition) is 0. The number of hydrogen-bond acceptors (Lipinski definition) is 4. The van der Waals surface area contributed by atoms with E-state index in [-0.39, 0.29) is 11.5 Å². The zero-order chi connectivity index (χ0) is 24.7. The molecule has 0 aliphatic rings. The Morgan fingerprint density at radius 3 is 0.972 bits per heavy atom. The van der Waals surface area contributed by atoms with Gasteiger partial charge in [-0.1, -0.05) is 42.5 Å². The highest BCUT2D eigenvalue weighted by Crippen LogP contribution is 2.33. The van der Waals surface area contributed by atoms with E-state index in [1.165, 1.54) is 12.1 Å². The summed E-state index contributed by atoms with van der Waals surface area (Å²) in [6.45, 7) is 0. The largest absolute Gasteiger partial charge is 0.457 e. The molecule has 0 aliphatic heterocycles. The van der Waals surface area contributed by atoms with Gasteiger partial charge in [-0.25, -0.2) is 8.78 Å². The van der Waals surface area contributed by atoms with Crippen LogP contribution in [0.25, 0.3) is 0 Å². The van der Waals surface area contributed by atoms with Gasteiger partial charge in [0.15, 0.2) is 23.1 Å². The number of rotatable bonds is 8.